The molecule has 0 saturated carbocycles. The van der Waals surface area contributed by atoms with E-state index in [1.54, 1.807) is 12.1 Å². The first-order valence-corrected chi connectivity index (χ1v) is 4.93. The molecule has 0 heterocycles. The van der Waals surface area contributed by atoms with Crippen molar-refractivity contribution in [3.8, 4) is 0 Å². The van der Waals surface area contributed by atoms with E-state index in [9.17, 15) is 8.42 Å². The van der Waals surface area contributed by atoms with Gasteiger partial charge in [0.05, 0.1) is 4.90 Å². The highest BCUT2D eigenvalue weighted by atomic mass is 32.2. The zero-order valence-electron chi connectivity index (χ0n) is 7.43. The lowest BCUT2D eigenvalue weighted by atomic mass is 10.2. The van der Waals surface area contributed by atoms with Crippen LogP contribution in [0.2, 0.25) is 0 Å². The molecule has 74 valence electrons. The molecule has 0 bridgehead atoms. The second kappa shape index (κ2) is 4.96. The van der Waals surface area contributed by atoms with Gasteiger partial charge in [-0.05, 0) is 19.1 Å². The molecule has 0 atom stereocenters. The number of hydrogen-bond donors (Lipinski definition) is 2. The van der Waals surface area contributed by atoms with Gasteiger partial charge < -0.3 is 5.11 Å². The van der Waals surface area contributed by atoms with Crippen molar-refractivity contribution in [3.63, 3.8) is 0 Å². The molecule has 0 fully saturated rings. The number of benzene rings is 1. The first-order valence-electron chi connectivity index (χ1n) is 3.49. The molecule has 0 amide bonds. The van der Waals surface area contributed by atoms with Crippen LogP contribution in [0.15, 0.2) is 29.2 Å². The van der Waals surface area contributed by atoms with Gasteiger partial charge >= 0.3 is 0 Å². The van der Waals surface area contributed by atoms with E-state index >= 15 is 0 Å². The fourth-order valence-electron chi connectivity index (χ4n) is 0.710. The largest absolute Gasteiger partial charge is 0.400 e. The number of aliphatic hydroxyl groups excluding tert-OH is 1. The summed E-state index contributed by atoms with van der Waals surface area (Å²) in [5, 5.41) is 7.00. The van der Waals surface area contributed by atoms with Crippen molar-refractivity contribution < 1.29 is 18.1 Å². The minimum Gasteiger partial charge on any atom is -0.400 e. The average Bonchev–Trinajstić information content (AvgIpc) is 2.07. The van der Waals surface area contributed by atoms with Crippen LogP contribution in [-0.4, -0.2) is 25.2 Å². The zero-order valence-corrected chi connectivity index (χ0v) is 8.25. The predicted octanol–water partition coefficient (Wildman–Crippen LogP) is 0.850. The van der Waals surface area contributed by atoms with Gasteiger partial charge in [-0.3, -0.25) is 4.55 Å². The smallest absolute Gasteiger partial charge is 0.294 e. The number of aliphatic hydroxyl groups is 1. The van der Waals surface area contributed by atoms with Crippen LogP contribution < -0.4 is 0 Å². The summed E-state index contributed by atoms with van der Waals surface area (Å²) in [5.41, 5.74) is 0.956. The van der Waals surface area contributed by atoms with Gasteiger partial charge in [-0.15, -0.1) is 0 Å². The van der Waals surface area contributed by atoms with E-state index < -0.39 is 10.1 Å². The van der Waals surface area contributed by atoms with Gasteiger partial charge in [0.2, 0.25) is 0 Å². The molecule has 1 aromatic carbocycles. The molecule has 13 heavy (non-hydrogen) atoms. The van der Waals surface area contributed by atoms with E-state index in [-0.39, 0.29) is 4.90 Å². The Hall–Kier alpha value is -0.910. The maximum atomic E-state index is 10.5. The normalized spacial score (nSPS) is 10.2. The van der Waals surface area contributed by atoms with Crippen molar-refractivity contribution >= 4 is 10.1 Å². The van der Waals surface area contributed by atoms with Gasteiger partial charge in [-0.1, -0.05) is 17.7 Å². The number of hydrogen-bond acceptors (Lipinski definition) is 3. The Bertz CT molecular complexity index is 339. The molecule has 0 unspecified atom stereocenters. The molecule has 0 aromatic heterocycles. The Morgan fingerprint density at radius 1 is 1.08 bits per heavy atom. The van der Waals surface area contributed by atoms with Gasteiger partial charge in [0.15, 0.2) is 0 Å². The minimum atomic E-state index is -4.02. The Labute approximate surface area is 77.6 Å². The van der Waals surface area contributed by atoms with Crippen LogP contribution in [0, 0.1) is 6.92 Å². The van der Waals surface area contributed by atoms with Gasteiger partial charge in [0.25, 0.3) is 10.1 Å². The third kappa shape index (κ3) is 4.02. The molecule has 0 radical (unpaired) electrons. The highest BCUT2D eigenvalue weighted by Crippen LogP contribution is 2.08. The van der Waals surface area contributed by atoms with Gasteiger partial charge in [-0.2, -0.15) is 8.42 Å². The van der Waals surface area contributed by atoms with Crippen molar-refractivity contribution in [1.82, 2.24) is 0 Å². The molecule has 2 N–H and O–H groups in total. The average molecular weight is 204 g/mol. The first-order chi connectivity index (χ1) is 6.00. The van der Waals surface area contributed by atoms with E-state index in [0.29, 0.717) is 0 Å². The summed E-state index contributed by atoms with van der Waals surface area (Å²) >= 11 is 0. The fourth-order valence-corrected chi connectivity index (χ4v) is 1.19. The fraction of sp³-hybridized carbons (Fsp3) is 0.250. The lowest BCUT2D eigenvalue weighted by Gasteiger charge is -1.95. The zero-order chi connectivity index (χ0) is 10.5. The van der Waals surface area contributed by atoms with Crippen molar-refractivity contribution in [3.05, 3.63) is 29.8 Å². The van der Waals surface area contributed by atoms with Gasteiger partial charge in [-0.25, -0.2) is 0 Å². The topological polar surface area (TPSA) is 74.6 Å². The van der Waals surface area contributed by atoms with Crippen molar-refractivity contribution in [2.24, 2.45) is 0 Å². The second-order valence-electron chi connectivity index (χ2n) is 2.29. The Morgan fingerprint density at radius 3 is 1.77 bits per heavy atom. The second-order valence-corrected chi connectivity index (χ2v) is 3.71. The van der Waals surface area contributed by atoms with Crippen LogP contribution in [0.4, 0.5) is 0 Å². The number of aryl methyl sites for hydroxylation is 1. The van der Waals surface area contributed by atoms with E-state index in [2.05, 4.69) is 0 Å². The molecule has 0 aliphatic carbocycles. The summed E-state index contributed by atoms with van der Waals surface area (Å²) in [4.78, 5) is -0.0666. The van der Waals surface area contributed by atoms with Crippen molar-refractivity contribution in [1.29, 1.82) is 0 Å². The van der Waals surface area contributed by atoms with E-state index in [4.69, 9.17) is 9.66 Å². The van der Waals surface area contributed by atoms with E-state index in [1.807, 2.05) is 6.92 Å². The van der Waals surface area contributed by atoms with Crippen molar-refractivity contribution in [2.45, 2.75) is 11.8 Å². The molecule has 0 aliphatic heterocycles. The molecule has 0 aliphatic rings. The Kier molecular flexibility index (Phi) is 4.61. The van der Waals surface area contributed by atoms with Gasteiger partial charge in [0.1, 0.15) is 0 Å². The maximum absolute atomic E-state index is 10.5. The molecule has 1 rings (SSSR count). The molecule has 4 nitrogen and oxygen atoms in total. The highest BCUT2D eigenvalue weighted by molar-refractivity contribution is 7.85. The third-order valence-corrected chi connectivity index (χ3v) is 2.19. The summed E-state index contributed by atoms with van der Waals surface area (Å²) < 4.78 is 29.6. The van der Waals surface area contributed by atoms with E-state index in [0.717, 1.165) is 12.7 Å². The molecular formula is C8H12O4S. The molecule has 1 aromatic rings. The maximum Gasteiger partial charge on any atom is 0.294 e. The van der Waals surface area contributed by atoms with Crippen LogP contribution in [-0.2, 0) is 10.1 Å². The Balaban J connectivity index is 0.000000671. The van der Waals surface area contributed by atoms with Crippen LogP contribution in [0.3, 0.4) is 0 Å². The summed E-state index contributed by atoms with van der Waals surface area (Å²) in [6.07, 6.45) is 0. The summed E-state index contributed by atoms with van der Waals surface area (Å²) in [5.74, 6) is 0. The standard InChI is InChI=1S/C7H8O3S.CH4O/c1-6-2-4-7(5-3-6)11(8,9)10;1-2/h2-5H,1H3,(H,8,9,10);2H,1H3. The summed E-state index contributed by atoms with van der Waals surface area (Å²) in [7, 11) is -3.02. The molecular weight excluding hydrogens is 192 g/mol. The van der Waals surface area contributed by atoms with Crippen LogP contribution in [0.1, 0.15) is 5.56 Å². The monoisotopic (exact) mass is 204 g/mol. The lowest BCUT2D eigenvalue weighted by Crippen LogP contribution is -1.96. The van der Waals surface area contributed by atoms with Crippen LogP contribution >= 0.6 is 0 Å². The van der Waals surface area contributed by atoms with E-state index in [1.165, 1.54) is 12.1 Å². The number of rotatable bonds is 1. The highest BCUT2D eigenvalue weighted by Gasteiger charge is 2.06. The Morgan fingerprint density at radius 2 is 1.46 bits per heavy atom. The quantitative estimate of drug-likeness (QED) is 0.665. The lowest BCUT2D eigenvalue weighted by molar-refractivity contribution is 0.399. The van der Waals surface area contributed by atoms with Crippen LogP contribution in [0.25, 0.3) is 0 Å². The molecule has 0 spiro atoms. The van der Waals surface area contributed by atoms with Gasteiger partial charge in [0, 0.05) is 7.11 Å². The van der Waals surface area contributed by atoms with Crippen LogP contribution in [0.5, 0.6) is 0 Å². The molecule has 5 heteroatoms. The third-order valence-electron chi connectivity index (χ3n) is 1.32. The van der Waals surface area contributed by atoms with Crippen molar-refractivity contribution in [2.75, 3.05) is 7.11 Å². The molecule has 0 saturated heterocycles. The predicted molar refractivity (Wildman–Crippen MR) is 49.1 cm³/mol. The SMILES string of the molecule is CO.Cc1ccc(S(=O)(=O)O)cc1. The summed E-state index contributed by atoms with van der Waals surface area (Å²) in [6.45, 7) is 1.84. The summed E-state index contributed by atoms with van der Waals surface area (Å²) in [6, 6.07) is 5.99. The minimum absolute atomic E-state index is 0.0666. The first kappa shape index (κ1) is 12.1.